The SMILES string of the molecule is Cc1cn([C@H]2C[C@H](O[Si](C)(C)C(C)(C)C)[C@@H](COP(O)(=S)O[C@H]3C[C@H](n4cc(C)c(=O)[nH]c4=O)O[C@@H]3CO[Si](C)(C)C(C)(C)C)O2)c(=O)[nH]c1=O. The zero-order chi connectivity index (χ0) is 38.5. The third-order valence-corrected chi connectivity index (χ3v) is 21.2. The van der Waals surface area contributed by atoms with E-state index in [4.69, 9.17) is 39.2 Å². The lowest BCUT2D eigenvalue weighted by Gasteiger charge is -2.39. The van der Waals surface area contributed by atoms with Gasteiger partial charge in [0.1, 0.15) is 24.7 Å². The molecule has 2 aromatic heterocycles. The molecule has 0 spiro atoms. The molecule has 4 rings (SSSR count). The number of aryl methyl sites for hydroxylation is 2. The first kappa shape index (κ1) is 41.9. The Balaban J connectivity index is 1.56. The number of rotatable bonds is 12. The summed E-state index contributed by atoms with van der Waals surface area (Å²) in [4.78, 5) is 65.7. The van der Waals surface area contributed by atoms with Crippen molar-refractivity contribution in [3.8, 4) is 0 Å². The maximum atomic E-state index is 12.8. The highest BCUT2D eigenvalue weighted by Gasteiger charge is 2.47. The van der Waals surface area contributed by atoms with E-state index in [1.165, 1.54) is 21.5 Å². The van der Waals surface area contributed by atoms with Crippen LogP contribution >= 0.6 is 6.72 Å². The monoisotopic (exact) mass is 790 g/mol. The van der Waals surface area contributed by atoms with Gasteiger partial charge in [0.15, 0.2) is 16.6 Å². The standard InChI is InChI=1S/C32H55N4O11PSSi2/c1-19-15-35(29(39)33-27(19)37)25-13-21(24(45-25)18-43-50(9,10)31(3,4)5)46-48(41,49)42-17-23-22(47-51(11,12)32(6,7)8)14-26(44-23)36-16-20(2)28(38)34-30(36)40/h15-16,21-26H,13-14,17-18H2,1-12H3,(H,41,49)(H,33,37,39)(H,34,38,40)/t21-,22-,23+,24+,25+,26+,48?/m0/s1. The van der Waals surface area contributed by atoms with Crippen LogP contribution < -0.4 is 22.5 Å². The largest absolute Gasteiger partial charge is 0.414 e. The van der Waals surface area contributed by atoms with E-state index in [0.717, 1.165) is 0 Å². The Morgan fingerprint density at radius 2 is 1.24 bits per heavy atom. The summed E-state index contributed by atoms with van der Waals surface area (Å²) in [6.45, 7) is 20.2. The highest BCUT2D eigenvalue weighted by Crippen LogP contribution is 2.50. The first-order chi connectivity index (χ1) is 23.2. The van der Waals surface area contributed by atoms with Crippen molar-refractivity contribution in [1.29, 1.82) is 0 Å². The van der Waals surface area contributed by atoms with Crippen LogP contribution in [0.2, 0.25) is 36.3 Å². The van der Waals surface area contributed by atoms with Gasteiger partial charge in [-0.2, -0.15) is 0 Å². The van der Waals surface area contributed by atoms with Gasteiger partial charge in [0.25, 0.3) is 11.1 Å². The van der Waals surface area contributed by atoms with E-state index < -0.39 is 82.7 Å². The van der Waals surface area contributed by atoms with E-state index in [1.807, 2.05) is 0 Å². The Kier molecular flexibility index (Phi) is 12.4. The van der Waals surface area contributed by atoms with Crippen LogP contribution in [0.25, 0.3) is 0 Å². The lowest BCUT2D eigenvalue weighted by Crippen LogP contribution is -2.46. The quantitative estimate of drug-likeness (QED) is 0.205. The number of hydrogen-bond donors (Lipinski definition) is 3. The smallest absolute Gasteiger partial charge is 0.330 e. The number of aromatic nitrogens is 4. The number of hydrogen-bond acceptors (Lipinski definition) is 11. The maximum absolute atomic E-state index is 12.8. The zero-order valence-corrected chi connectivity index (χ0v) is 35.4. The van der Waals surface area contributed by atoms with Crippen molar-refractivity contribution < 1.29 is 32.3 Å². The van der Waals surface area contributed by atoms with Gasteiger partial charge < -0.3 is 32.3 Å². The van der Waals surface area contributed by atoms with Crippen LogP contribution in [0, 0.1) is 13.8 Å². The summed E-state index contributed by atoms with van der Waals surface area (Å²) in [6, 6.07) is 0. The van der Waals surface area contributed by atoms with Gasteiger partial charge in [0.2, 0.25) is 0 Å². The fourth-order valence-corrected chi connectivity index (χ4v) is 9.16. The van der Waals surface area contributed by atoms with Gasteiger partial charge in [-0.1, -0.05) is 41.5 Å². The maximum Gasteiger partial charge on any atom is 0.330 e. The van der Waals surface area contributed by atoms with Crippen molar-refractivity contribution in [2.75, 3.05) is 13.2 Å². The molecule has 3 N–H and O–H groups in total. The number of nitrogens with zero attached hydrogens (tertiary/aromatic N) is 2. The van der Waals surface area contributed by atoms with Crippen molar-refractivity contribution in [3.63, 3.8) is 0 Å². The highest BCUT2D eigenvalue weighted by molar-refractivity contribution is 8.07. The molecular weight excluding hydrogens is 736 g/mol. The molecular formula is C32H55N4O11PSSi2. The fourth-order valence-electron chi connectivity index (χ4n) is 5.31. The van der Waals surface area contributed by atoms with Crippen LogP contribution in [0.4, 0.5) is 0 Å². The predicted octanol–water partition coefficient (Wildman–Crippen LogP) is 4.31. The molecule has 2 aliphatic heterocycles. The third-order valence-electron chi connectivity index (χ3n) is 10.6. The van der Waals surface area contributed by atoms with Gasteiger partial charge in [0, 0.05) is 36.4 Å². The lowest BCUT2D eigenvalue weighted by atomic mass is 10.2. The Hall–Kier alpha value is -1.84. The molecule has 2 aromatic rings. The lowest BCUT2D eigenvalue weighted by molar-refractivity contribution is -0.0508. The molecule has 0 radical (unpaired) electrons. The first-order valence-corrected chi connectivity index (χ1v) is 25.5. The zero-order valence-electron chi connectivity index (χ0n) is 31.7. The van der Waals surface area contributed by atoms with Crippen molar-refractivity contribution >= 4 is 35.2 Å². The summed E-state index contributed by atoms with van der Waals surface area (Å²) in [7, 11) is -4.59. The predicted molar refractivity (Wildman–Crippen MR) is 202 cm³/mol. The van der Waals surface area contributed by atoms with Gasteiger partial charge in [-0.3, -0.25) is 28.7 Å². The summed E-state index contributed by atoms with van der Waals surface area (Å²) in [5.74, 6) is 0. The van der Waals surface area contributed by atoms with E-state index >= 15 is 0 Å². The molecule has 0 amide bonds. The molecule has 0 saturated carbocycles. The minimum atomic E-state index is -3.98. The topological polar surface area (TPSA) is 185 Å². The third kappa shape index (κ3) is 9.83. The van der Waals surface area contributed by atoms with E-state index in [-0.39, 0.29) is 29.7 Å². The molecule has 2 fully saturated rings. The molecule has 1 unspecified atom stereocenters. The van der Waals surface area contributed by atoms with E-state index in [9.17, 15) is 24.1 Å². The van der Waals surface area contributed by atoms with Crippen molar-refractivity contribution in [1.82, 2.24) is 19.1 Å². The van der Waals surface area contributed by atoms with Crippen LogP contribution in [0.5, 0.6) is 0 Å². The molecule has 0 aromatic carbocycles. The molecule has 15 nitrogen and oxygen atoms in total. The van der Waals surface area contributed by atoms with Crippen molar-refractivity contribution in [2.45, 2.75) is 141 Å². The molecule has 7 atom stereocenters. The Morgan fingerprint density at radius 1 is 0.804 bits per heavy atom. The molecule has 19 heteroatoms. The van der Waals surface area contributed by atoms with Crippen LogP contribution in [-0.4, -0.2) is 78.3 Å². The van der Waals surface area contributed by atoms with Gasteiger partial charge in [-0.25, -0.2) is 9.59 Å². The molecule has 0 aliphatic carbocycles. The number of H-pyrrole nitrogens is 2. The summed E-state index contributed by atoms with van der Waals surface area (Å²) in [5, 5.41) is -0.228. The molecule has 51 heavy (non-hydrogen) atoms. The minimum Gasteiger partial charge on any atom is -0.414 e. The highest BCUT2D eigenvalue weighted by atomic mass is 32.5. The second-order valence-electron chi connectivity index (χ2n) is 16.6. The van der Waals surface area contributed by atoms with Crippen LogP contribution in [0.3, 0.4) is 0 Å². The first-order valence-electron chi connectivity index (χ1n) is 17.1. The van der Waals surface area contributed by atoms with Gasteiger partial charge in [0.05, 0.1) is 25.4 Å². The Labute approximate surface area is 305 Å². The summed E-state index contributed by atoms with van der Waals surface area (Å²) in [5.41, 5.74) is -1.55. The number of aromatic amines is 2. The van der Waals surface area contributed by atoms with E-state index in [1.54, 1.807) is 13.8 Å². The Bertz CT molecular complexity index is 1860. The fraction of sp³-hybridized carbons (Fsp3) is 0.750. The molecule has 0 bridgehead atoms. The van der Waals surface area contributed by atoms with Crippen LogP contribution in [0.1, 0.15) is 78.0 Å². The van der Waals surface area contributed by atoms with Gasteiger partial charge in [-0.05, 0) is 61.9 Å². The van der Waals surface area contributed by atoms with Crippen LogP contribution in [-0.2, 0) is 39.2 Å². The number of nitrogens with one attached hydrogen (secondary N) is 2. The van der Waals surface area contributed by atoms with E-state index in [0.29, 0.717) is 17.5 Å². The Morgan fingerprint density at radius 3 is 1.69 bits per heavy atom. The second kappa shape index (κ2) is 15.1. The number of ether oxygens (including phenoxy) is 2. The van der Waals surface area contributed by atoms with E-state index in [2.05, 4.69) is 77.7 Å². The van der Waals surface area contributed by atoms with Gasteiger partial charge in [-0.15, -0.1) is 0 Å². The average molecular weight is 791 g/mol. The van der Waals surface area contributed by atoms with Gasteiger partial charge >= 0.3 is 18.1 Å². The second-order valence-corrected chi connectivity index (χ2v) is 28.9. The molecule has 288 valence electrons. The normalized spacial score (nSPS) is 26.1. The molecule has 2 aliphatic rings. The molecule has 2 saturated heterocycles. The van der Waals surface area contributed by atoms with Crippen molar-refractivity contribution in [3.05, 3.63) is 65.2 Å². The summed E-state index contributed by atoms with van der Waals surface area (Å²) < 4.78 is 40.4. The summed E-state index contributed by atoms with van der Waals surface area (Å²) in [6.07, 6.45) is -1.12. The van der Waals surface area contributed by atoms with Crippen molar-refractivity contribution in [2.24, 2.45) is 0 Å². The van der Waals surface area contributed by atoms with Crippen LogP contribution in [0.15, 0.2) is 31.6 Å². The summed E-state index contributed by atoms with van der Waals surface area (Å²) >= 11 is 5.52. The minimum absolute atomic E-state index is 0.0930. The molecule has 4 heterocycles. The average Bonchev–Trinajstić information content (AvgIpc) is 3.56.